The zero-order chi connectivity index (χ0) is 21.8. The van der Waals surface area contributed by atoms with E-state index in [4.69, 9.17) is 0 Å². The first kappa shape index (κ1) is 21.1. The van der Waals surface area contributed by atoms with Gasteiger partial charge in [0.05, 0.1) is 12.1 Å². The molecule has 31 heavy (non-hydrogen) atoms. The second-order valence-corrected chi connectivity index (χ2v) is 8.67. The van der Waals surface area contributed by atoms with Crippen LogP contribution in [0.2, 0.25) is 0 Å². The molecule has 6 nitrogen and oxygen atoms in total. The quantitative estimate of drug-likeness (QED) is 0.636. The summed E-state index contributed by atoms with van der Waals surface area (Å²) in [5.74, 6) is 0. The molecular weight excluding hydrogens is 388 g/mol. The molecule has 0 spiro atoms. The molecule has 2 heterocycles. The van der Waals surface area contributed by atoms with Crippen molar-refractivity contribution >= 4 is 16.9 Å². The lowest BCUT2D eigenvalue weighted by atomic mass is 9.96. The molecule has 2 aromatic heterocycles. The molecule has 0 bridgehead atoms. The third kappa shape index (κ3) is 5.13. The average molecular weight is 419 g/mol. The van der Waals surface area contributed by atoms with Crippen LogP contribution in [-0.2, 0) is 13.1 Å². The molecule has 162 valence electrons. The number of aromatic amines is 1. The van der Waals surface area contributed by atoms with Crippen molar-refractivity contribution in [3.05, 3.63) is 75.3 Å². The maximum atomic E-state index is 13.2. The molecule has 0 radical (unpaired) electrons. The molecule has 2 N–H and O–H groups in total. The minimum Gasteiger partial charge on any atom is -0.335 e. The van der Waals surface area contributed by atoms with Gasteiger partial charge in [0.2, 0.25) is 0 Å². The van der Waals surface area contributed by atoms with Gasteiger partial charge in [-0.25, -0.2) is 4.79 Å². The van der Waals surface area contributed by atoms with E-state index in [2.05, 4.69) is 27.4 Å². The highest BCUT2D eigenvalue weighted by Crippen LogP contribution is 2.20. The van der Waals surface area contributed by atoms with E-state index in [0.717, 1.165) is 53.3 Å². The van der Waals surface area contributed by atoms with E-state index in [0.29, 0.717) is 12.1 Å². The van der Waals surface area contributed by atoms with Crippen LogP contribution in [-0.4, -0.2) is 26.9 Å². The van der Waals surface area contributed by atoms with Crippen LogP contribution in [0.25, 0.3) is 10.9 Å². The van der Waals surface area contributed by atoms with Crippen molar-refractivity contribution in [2.45, 2.75) is 65.1 Å². The molecule has 0 atom stereocenters. The van der Waals surface area contributed by atoms with Crippen LogP contribution >= 0.6 is 0 Å². The van der Waals surface area contributed by atoms with Crippen LogP contribution in [0.15, 0.2) is 47.5 Å². The van der Waals surface area contributed by atoms with Crippen molar-refractivity contribution in [3.8, 4) is 0 Å². The third-order valence-corrected chi connectivity index (χ3v) is 6.05. The number of carbonyl (C=O) groups is 1. The Hall–Kier alpha value is -3.15. The number of hydrogen-bond donors (Lipinski definition) is 2. The van der Waals surface area contributed by atoms with Gasteiger partial charge in [-0.2, -0.15) is 0 Å². The fourth-order valence-electron chi connectivity index (χ4n) is 4.48. The normalized spacial score (nSPS) is 14.5. The van der Waals surface area contributed by atoms with E-state index in [1.807, 2.05) is 32.0 Å². The van der Waals surface area contributed by atoms with Crippen LogP contribution in [0.4, 0.5) is 4.79 Å². The van der Waals surface area contributed by atoms with Crippen LogP contribution in [0.1, 0.15) is 54.4 Å². The summed E-state index contributed by atoms with van der Waals surface area (Å²) in [6.45, 7) is 4.68. The summed E-state index contributed by atoms with van der Waals surface area (Å²) in [4.78, 5) is 34.9. The lowest BCUT2D eigenvalue weighted by Gasteiger charge is -2.28. The molecule has 1 aliphatic rings. The number of nitrogens with one attached hydrogen (secondary N) is 2. The number of aromatic nitrogens is 2. The maximum absolute atomic E-state index is 13.2. The Balaban J connectivity index is 1.62. The van der Waals surface area contributed by atoms with Crippen LogP contribution < -0.4 is 10.9 Å². The molecule has 1 aliphatic carbocycles. The lowest BCUT2D eigenvalue weighted by molar-refractivity contribution is 0.184. The summed E-state index contributed by atoms with van der Waals surface area (Å²) in [7, 11) is 0. The van der Waals surface area contributed by atoms with Crippen molar-refractivity contribution in [3.63, 3.8) is 0 Å². The summed E-state index contributed by atoms with van der Waals surface area (Å²) in [5.41, 5.74) is 4.41. The number of pyridine rings is 2. The van der Waals surface area contributed by atoms with Gasteiger partial charge in [-0.1, -0.05) is 37.0 Å². The largest absolute Gasteiger partial charge is 0.335 e. The minimum atomic E-state index is -0.152. The molecular formula is C25H30N4O2. The molecule has 0 saturated heterocycles. The Morgan fingerprint density at radius 3 is 2.71 bits per heavy atom. The van der Waals surface area contributed by atoms with E-state index in [9.17, 15) is 9.59 Å². The monoisotopic (exact) mass is 418 g/mol. The molecule has 4 rings (SSSR count). The lowest BCUT2D eigenvalue weighted by Crippen LogP contribution is -2.45. The highest BCUT2D eigenvalue weighted by molar-refractivity contribution is 5.83. The maximum Gasteiger partial charge on any atom is 0.318 e. The zero-order valence-corrected chi connectivity index (χ0v) is 18.3. The number of benzene rings is 1. The molecule has 1 saturated carbocycles. The average Bonchev–Trinajstić information content (AvgIpc) is 2.76. The van der Waals surface area contributed by atoms with Gasteiger partial charge < -0.3 is 15.2 Å². The van der Waals surface area contributed by atoms with Crippen molar-refractivity contribution in [1.82, 2.24) is 20.2 Å². The van der Waals surface area contributed by atoms with Crippen molar-refractivity contribution in [2.24, 2.45) is 0 Å². The number of amides is 2. The topological polar surface area (TPSA) is 78.1 Å². The van der Waals surface area contributed by atoms with Gasteiger partial charge in [-0.15, -0.1) is 0 Å². The minimum absolute atomic E-state index is 0.129. The number of H-pyrrole nitrogens is 1. The van der Waals surface area contributed by atoms with Gasteiger partial charge in [0.1, 0.15) is 0 Å². The first-order valence-electron chi connectivity index (χ1n) is 11.1. The van der Waals surface area contributed by atoms with Crippen LogP contribution in [0.5, 0.6) is 0 Å². The fraction of sp³-hybridized carbons (Fsp3) is 0.400. The summed E-state index contributed by atoms with van der Waals surface area (Å²) in [6, 6.07) is 9.93. The summed E-state index contributed by atoms with van der Waals surface area (Å²) in [6.07, 6.45) is 9.04. The second kappa shape index (κ2) is 9.33. The Morgan fingerprint density at radius 1 is 1.16 bits per heavy atom. The van der Waals surface area contributed by atoms with Crippen LogP contribution in [0.3, 0.4) is 0 Å². The number of carbonyl (C=O) groups excluding carboxylic acids is 1. The highest BCUT2D eigenvalue weighted by atomic mass is 16.2. The van der Waals surface area contributed by atoms with E-state index in [1.165, 1.54) is 6.42 Å². The first-order valence-corrected chi connectivity index (χ1v) is 11.1. The Labute approximate surface area is 182 Å². The van der Waals surface area contributed by atoms with Gasteiger partial charge in [0.25, 0.3) is 5.56 Å². The summed E-state index contributed by atoms with van der Waals surface area (Å²) < 4.78 is 0. The molecule has 1 fully saturated rings. The number of hydrogen-bond acceptors (Lipinski definition) is 3. The molecule has 1 aromatic carbocycles. The number of aryl methyl sites for hydroxylation is 2. The van der Waals surface area contributed by atoms with E-state index >= 15 is 0 Å². The Bertz CT molecular complexity index is 1120. The first-order chi connectivity index (χ1) is 15.0. The summed E-state index contributed by atoms with van der Waals surface area (Å²) in [5, 5.41) is 4.18. The number of nitrogens with zero attached hydrogens (tertiary/aromatic N) is 2. The molecule has 3 aromatic rings. The standard InChI is InChI=1S/C25H30N4O2/c1-17-11-18(2)23-20(12-17)13-21(24(30)28-23)16-29(15-19-7-6-10-26-14-19)25(31)27-22-8-4-3-5-9-22/h6-7,10-14,22H,3-5,8-9,15-16H2,1-2H3,(H,27,31)(H,28,30). The van der Waals surface area contributed by atoms with Gasteiger partial charge in [0.15, 0.2) is 0 Å². The fourth-order valence-corrected chi connectivity index (χ4v) is 4.48. The van der Waals surface area contributed by atoms with Gasteiger partial charge in [-0.3, -0.25) is 9.78 Å². The Kier molecular flexibility index (Phi) is 6.35. The number of urea groups is 1. The second-order valence-electron chi connectivity index (χ2n) is 8.67. The molecule has 0 unspecified atom stereocenters. The van der Waals surface area contributed by atoms with E-state index < -0.39 is 0 Å². The van der Waals surface area contributed by atoms with Crippen molar-refractivity contribution in [1.29, 1.82) is 0 Å². The third-order valence-electron chi connectivity index (χ3n) is 6.05. The zero-order valence-electron chi connectivity index (χ0n) is 18.3. The molecule has 6 heteroatoms. The van der Waals surface area contributed by atoms with E-state index in [1.54, 1.807) is 17.3 Å². The van der Waals surface area contributed by atoms with Crippen molar-refractivity contribution < 1.29 is 4.79 Å². The highest BCUT2D eigenvalue weighted by Gasteiger charge is 2.21. The Morgan fingerprint density at radius 2 is 1.97 bits per heavy atom. The smallest absolute Gasteiger partial charge is 0.318 e. The molecule has 0 aliphatic heterocycles. The number of rotatable bonds is 5. The number of fused-ring (bicyclic) bond motifs is 1. The van der Waals surface area contributed by atoms with Crippen LogP contribution in [0, 0.1) is 13.8 Å². The van der Waals surface area contributed by atoms with Crippen molar-refractivity contribution in [2.75, 3.05) is 0 Å². The predicted molar refractivity (Wildman–Crippen MR) is 123 cm³/mol. The predicted octanol–water partition coefficient (Wildman–Crippen LogP) is 4.58. The SMILES string of the molecule is Cc1cc(C)c2[nH]c(=O)c(CN(Cc3cccnc3)C(=O)NC3CCCCC3)cc2c1. The summed E-state index contributed by atoms with van der Waals surface area (Å²) >= 11 is 0. The van der Waals surface area contributed by atoms with E-state index in [-0.39, 0.29) is 24.2 Å². The molecule has 2 amide bonds. The van der Waals surface area contributed by atoms with Gasteiger partial charge in [-0.05, 0) is 61.4 Å². The van der Waals surface area contributed by atoms with Gasteiger partial charge >= 0.3 is 6.03 Å². The van der Waals surface area contributed by atoms with Gasteiger partial charge in [0, 0.05) is 30.5 Å².